The van der Waals surface area contributed by atoms with E-state index in [-0.39, 0.29) is 18.4 Å². The van der Waals surface area contributed by atoms with Gasteiger partial charge in [-0.05, 0) is 31.5 Å². The Morgan fingerprint density at radius 1 is 1.19 bits per heavy atom. The monoisotopic (exact) mass is 367 g/mol. The van der Waals surface area contributed by atoms with Gasteiger partial charge in [-0.2, -0.15) is 0 Å². The van der Waals surface area contributed by atoms with Gasteiger partial charge in [0.25, 0.3) is 5.69 Å². The lowest BCUT2D eigenvalue weighted by atomic mass is 10.0. The Morgan fingerprint density at radius 3 is 2.44 bits per heavy atom. The van der Waals surface area contributed by atoms with Crippen molar-refractivity contribution in [2.45, 2.75) is 32.8 Å². The molecule has 2 aromatic carbocycles. The van der Waals surface area contributed by atoms with E-state index in [4.69, 9.17) is 9.47 Å². The minimum absolute atomic E-state index is 0.00811. The molecule has 0 saturated heterocycles. The molecule has 0 aliphatic carbocycles. The van der Waals surface area contributed by atoms with Crippen LogP contribution < -0.4 is 0 Å². The number of hydrogen-bond donors (Lipinski definition) is 0. The molecule has 0 spiro atoms. The molecule has 0 fully saturated rings. The minimum atomic E-state index is -0.458. The molecule has 3 rings (SSSR count). The summed E-state index contributed by atoms with van der Waals surface area (Å²) >= 11 is 0. The first kappa shape index (κ1) is 18.6. The maximum absolute atomic E-state index is 12.4. The van der Waals surface area contributed by atoms with Crippen molar-refractivity contribution in [2.24, 2.45) is 0 Å². The number of nitro benzene ring substituents is 1. The number of carbonyl (C=O) groups is 1. The van der Waals surface area contributed by atoms with Crippen LogP contribution in [0.1, 0.15) is 30.0 Å². The van der Waals surface area contributed by atoms with Crippen molar-refractivity contribution < 1.29 is 19.2 Å². The van der Waals surface area contributed by atoms with E-state index in [1.165, 1.54) is 17.7 Å². The topological polar surface area (TPSA) is 78.7 Å². The highest BCUT2D eigenvalue weighted by atomic mass is 16.6. The van der Waals surface area contributed by atoms with E-state index in [1.807, 2.05) is 31.2 Å². The van der Waals surface area contributed by atoms with Crippen LogP contribution in [0.2, 0.25) is 0 Å². The van der Waals surface area contributed by atoms with Crippen LogP contribution in [0.25, 0.3) is 5.76 Å². The van der Waals surface area contributed by atoms with Gasteiger partial charge in [-0.25, -0.2) is 4.79 Å². The van der Waals surface area contributed by atoms with Crippen LogP contribution >= 0.6 is 0 Å². The molecule has 6 nitrogen and oxygen atoms in total. The van der Waals surface area contributed by atoms with Crippen LogP contribution in [0, 0.1) is 17.0 Å². The predicted molar refractivity (Wildman–Crippen MR) is 101 cm³/mol. The van der Waals surface area contributed by atoms with E-state index >= 15 is 0 Å². The van der Waals surface area contributed by atoms with Gasteiger partial charge in [0.2, 0.25) is 0 Å². The Morgan fingerprint density at radius 2 is 1.85 bits per heavy atom. The number of ether oxygens (including phenoxy) is 2. The summed E-state index contributed by atoms with van der Waals surface area (Å²) < 4.78 is 11.2. The first-order valence-electron chi connectivity index (χ1n) is 8.85. The Balaban J connectivity index is 1.84. The third kappa shape index (κ3) is 4.34. The Labute approximate surface area is 157 Å². The molecule has 1 unspecified atom stereocenters. The SMILES string of the molecule is CCOC(=O)C1=C(c2ccc([N+](=O)[O-])cc2)OC(Cc2ccc(C)cc2)C1. The third-order valence-corrected chi connectivity index (χ3v) is 4.44. The van der Waals surface area contributed by atoms with Crippen molar-refractivity contribution in [3.05, 3.63) is 80.9 Å². The number of esters is 1. The lowest BCUT2D eigenvalue weighted by molar-refractivity contribution is -0.384. The smallest absolute Gasteiger partial charge is 0.337 e. The van der Waals surface area contributed by atoms with Gasteiger partial charge in [-0.15, -0.1) is 0 Å². The number of hydrogen-bond acceptors (Lipinski definition) is 5. The lowest BCUT2D eigenvalue weighted by Crippen LogP contribution is -2.12. The molecular weight excluding hydrogens is 346 g/mol. The number of non-ortho nitro benzene ring substituents is 1. The molecule has 1 aliphatic rings. The van der Waals surface area contributed by atoms with E-state index in [1.54, 1.807) is 19.1 Å². The molecule has 1 atom stereocenters. The molecule has 0 bridgehead atoms. The van der Waals surface area contributed by atoms with Crippen LogP contribution in [-0.4, -0.2) is 23.6 Å². The van der Waals surface area contributed by atoms with Crippen LogP contribution in [-0.2, 0) is 20.7 Å². The number of carbonyl (C=O) groups excluding carboxylic acids is 1. The summed E-state index contributed by atoms with van der Waals surface area (Å²) in [7, 11) is 0. The van der Waals surface area contributed by atoms with Gasteiger partial charge in [-0.3, -0.25) is 10.1 Å². The standard InChI is InChI=1S/C21H21NO5/c1-3-26-21(23)19-13-18(12-15-6-4-14(2)5-7-15)27-20(19)16-8-10-17(11-9-16)22(24)25/h4-11,18H,3,12-13H2,1-2H3. The fraction of sp³-hybridized carbons (Fsp3) is 0.286. The van der Waals surface area contributed by atoms with Gasteiger partial charge in [-0.1, -0.05) is 29.8 Å². The molecule has 0 amide bonds. The second-order valence-corrected chi connectivity index (χ2v) is 6.47. The van der Waals surface area contributed by atoms with E-state index in [2.05, 4.69) is 0 Å². The van der Waals surface area contributed by atoms with Gasteiger partial charge >= 0.3 is 5.97 Å². The highest BCUT2D eigenvalue weighted by Crippen LogP contribution is 2.35. The van der Waals surface area contributed by atoms with Crippen LogP contribution in [0.15, 0.2) is 54.1 Å². The van der Waals surface area contributed by atoms with Crippen molar-refractivity contribution in [3.8, 4) is 0 Å². The van der Waals surface area contributed by atoms with E-state index in [9.17, 15) is 14.9 Å². The van der Waals surface area contributed by atoms with Gasteiger partial charge < -0.3 is 9.47 Å². The van der Waals surface area contributed by atoms with Crippen molar-refractivity contribution in [1.29, 1.82) is 0 Å². The molecule has 140 valence electrons. The molecule has 0 N–H and O–H groups in total. The van der Waals surface area contributed by atoms with Crippen molar-refractivity contribution in [3.63, 3.8) is 0 Å². The molecule has 0 saturated carbocycles. The van der Waals surface area contributed by atoms with E-state index < -0.39 is 10.9 Å². The molecular formula is C21H21NO5. The normalized spacial score (nSPS) is 16.1. The number of nitro groups is 1. The molecule has 6 heteroatoms. The van der Waals surface area contributed by atoms with Crippen molar-refractivity contribution in [1.82, 2.24) is 0 Å². The number of nitrogens with zero attached hydrogens (tertiary/aromatic N) is 1. The Bertz CT molecular complexity index is 868. The molecule has 27 heavy (non-hydrogen) atoms. The van der Waals surface area contributed by atoms with Crippen LogP contribution in [0.4, 0.5) is 5.69 Å². The number of benzene rings is 2. The summed E-state index contributed by atoms with van der Waals surface area (Å²) in [5, 5.41) is 10.9. The maximum atomic E-state index is 12.4. The van der Waals surface area contributed by atoms with Gasteiger partial charge in [0.1, 0.15) is 11.9 Å². The number of aryl methyl sites for hydroxylation is 1. The zero-order valence-corrected chi connectivity index (χ0v) is 15.3. The second kappa shape index (κ2) is 8.03. The third-order valence-electron chi connectivity index (χ3n) is 4.44. The maximum Gasteiger partial charge on any atom is 0.337 e. The summed E-state index contributed by atoms with van der Waals surface area (Å²) in [6.07, 6.45) is 0.927. The lowest BCUT2D eigenvalue weighted by Gasteiger charge is -2.13. The average molecular weight is 367 g/mol. The fourth-order valence-corrected chi connectivity index (χ4v) is 3.07. The quantitative estimate of drug-likeness (QED) is 0.434. The zero-order valence-electron chi connectivity index (χ0n) is 15.3. The van der Waals surface area contributed by atoms with Crippen molar-refractivity contribution >= 4 is 17.4 Å². The molecule has 1 heterocycles. The average Bonchev–Trinajstić information content (AvgIpc) is 3.08. The Kier molecular flexibility index (Phi) is 5.54. The Hall–Kier alpha value is -3.15. The molecule has 0 aromatic heterocycles. The van der Waals surface area contributed by atoms with Gasteiger partial charge in [0, 0.05) is 30.5 Å². The fourth-order valence-electron chi connectivity index (χ4n) is 3.07. The molecule has 1 aliphatic heterocycles. The summed E-state index contributed by atoms with van der Waals surface area (Å²) in [6.45, 7) is 4.06. The minimum Gasteiger partial charge on any atom is -0.489 e. The van der Waals surface area contributed by atoms with Crippen molar-refractivity contribution in [2.75, 3.05) is 6.61 Å². The summed E-state index contributed by atoms with van der Waals surface area (Å²) in [5.74, 6) is 0.0396. The summed E-state index contributed by atoms with van der Waals surface area (Å²) in [4.78, 5) is 22.8. The summed E-state index contributed by atoms with van der Waals surface area (Å²) in [6, 6.07) is 14.2. The predicted octanol–water partition coefficient (Wildman–Crippen LogP) is 4.21. The largest absolute Gasteiger partial charge is 0.489 e. The van der Waals surface area contributed by atoms with Crippen LogP contribution in [0.3, 0.4) is 0 Å². The molecule has 2 aromatic rings. The first-order valence-corrected chi connectivity index (χ1v) is 8.85. The highest BCUT2D eigenvalue weighted by molar-refractivity contribution is 5.97. The van der Waals surface area contributed by atoms with E-state index in [0.29, 0.717) is 29.7 Å². The highest BCUT2D eigenvalue weighted by Gasteiger charge is 2.32. The summed E-state index contributed by atoms with van der Waals surface area (Å²) in [5.41, 5.74) is 3.41. The second-order valence-electron chi connectivity index (χ2n) is 6.47. The van der Waals surface area contributed by atoms with Gasteiger partial charge in [0.05, 0.1) is 17.1 Å². The zero-order chi connectivity index (χ0) is 19.4. The number of rotatable bonds is 6. The van der Waals surface area contributed by atoms with Crippen LogP contribution in [0.5, 0.6) is 0 Å². The molecule has 0 radical (unpaired) electrons. The van der Waals surface area contributed by atoms with E-state index in [0.717, 1.165) is 5.56 Å². The first-order chi connectivity index (χ1) is 13.0. The van der Waals surface area contributed by atoms with Gasteiger partial charge in [0.15, 0.2) is 0 Å².